The van der Waals surface area contributed by atoms with E-state index in [1.165, 1.54) is 57.8 Å². The van der Waals surface area contributed by atoms with Crippen molar-refractivity contribution in [3.63, 3.8) is 0 Å². The van der Waals surface area contributed by atoms with Crippen LogP contribution in [0.2, 0.25) is 0 Å². The molecule has 3 nitrogen and oxygen atoms in total. The molecule has 0 aliphatic carbocycles. The van der Waals surface area contributed by atoms with E-state index in [1.54, 1.807) is 0 Å². The molecule has 6 heteroatoms. The van der Waals surface area contributed by atoms with Gasteiger partial charge < -0.3 is 0 Å². The average Bonchev–Trinajstić information content (AvgIpc) is 2.65. The van der Waals surface area contributed by atoms with Crippen molar-refractivity contribution < 1.29 is 17.0 Å². The quantitative estimate of drug-likeness (QED) is 0.114. The van der Waals surface area contributed by atoms with Crippen LogP contribution >= 0.6 is 0 Å². The molecule has 166 valence electrons. The number of unbranched alkanes of at least 4 members (excludes halogenated alkanes) is 15. The van der Waals surface area contributed by atoms with Crippen molar-refractivity contribution in [1.82, 2.24) is 0 Å². The van der Waals surface area contributed by atoms with Crippen molar-refractivity contribution in [2.45, 2.75) is 135 Å². The molecule has 0 radical (unpaired) electrons. The fourth-order valence-electron chi connectivity index (χ4n) is 3.24. The first-order valence-corrected chi connectivity index (χ1v) is 13.0. The second-order valence-electron chi connectivity index (χ2n) is 7.82. The molecular formula is C22H46FLiO3S. The summed E-state index contributed by atoms with van der Waals surface area (Å²) in [6.07, 6.45) is 19.5. The molecule has 0 bridgehead atoms. The zero-order valence-electron chi connectivity index (χ0n) is 18.0. The molecule has 0 aliphatic rings. The third-order valence-electron chi connectivity index (χ3n) is 5.09. The summed E-state index contributed by atoms with van der Waals surface area (Å²) >= 11 is 0. The molecule has 0 aromatic rings. The molecule has 0 N–H and O–H groups in total. The Morgan fingerprint density at radius 3 is 1.43 bits per heavy atom. The van der Waals surface area contributed by atoms with Gasteiger partial charge in [0.15, 0.2) is 0 Å². The third kappa shape index (κ3) is 19.7. The van der Waals surface area contributed by atoms with E-state index in [1.807, 2.05) is 0 Å². The maximum atomic E-state index is 13.8. The number of alkyl halides is 1. The molecule has 0 rings (SSSR count). The van der Waals surface area contributed by atoms with E-state index in [-0.39, 0.29) is 31.9 Å². The topological polar surface area (TPSA) is 43.4 Å². The first-order chi connectivity index (χ1) is 13.0. The van der Waals surface area contributed by atoms with Gasteiger partial charge in [-0.05, 0) is 19.3 Å². The van der Waals surface area contributed by atoms with E-state index in [0.29, 0.717) is 12.8 Å². The second kappa shape index (κ2) is 22.1. The van der Waals surface area contributed by atoms with E-state index >= 15 is 0 Å². The Morgan fingerprint density at radius 2 is 1.00 bits per heavy atom. The van der Waals surface area contributed by atoms with Gasteiger partial charge in [-0.1, -0.05) is 110 Å². The summed E-state index contributed by atoms with van der Waals surface area (Å²) in [4.78, 5) is 0. The van der Waals surface area contributed by atoms with Gasteiger partial charge in [0, 0.05) is 0 Å². The van der Waals surface area contributed by atoms with Crippen LogP contribution in [-0.4, -0.2) is 39.4 Å². The summed E-state index contributed by atoms with van der Waals surface area (Å²) < 4.78 is 42.2. The van der Waals surface area contributed by atoms with Crippen molar-refractivity contribution >= 4 is 29.0 Å². The molecule has 0 aromatic heterocycles. The van der Waals surface area contributed by atoms with Crippen LogP contribution in [0.5, 0.6) is 0 Å². The van der Waals surface area contributed by atoms with Crippen LogP contribution in [0.3, 0.4) is 0 Å². The van der Waals surface area contributed by atoms with Crippen molar-refractivity contribution in [3.8, 4) is 0 Å². The SMILES string of the molecule is CCCCCCCCCCCCCCOS(=O)(=O)C(F)CCCCCCC.[LiH]. The number of hydrogen-bond acceptors (Lipinski definition) is 3. The summed E-state index contributed by atoms with van der Waals surface area (Å²) in [6, 6.07) is 0. The predicted octanol–water partition coefficient (Wildman–Crippen LogP) is 7.04. The van der Waals surface area contributed by atoms with Gasteiger partial charge in [-0.25, -0.2) is 4.39 Å². The Kier molecular flexibility index (Phi) is 24.2. The molecule has 0 saturated heterocycles. The number of rotatable bonds is 21. The van der Waals surface area contributed by atoms with Gasteiger partial charge in [0.05, 0.1) is 6.61 Å². The van der Waals surface area contributed by atoms with Crippen molar-refractivity contribution in [3.05, 3.63) is 0 Å². The van der Waals surface area contributed by atoms with Crippen LogP contribution in [0.15, 0.2) is 0 Å². The first-order valence-electron chi connectivity index (χ1n) is 11.6. The molecule has 0 saturated carbocycles. The second-order valence-corrected chi connectivity index (χ2v) is 9.55. The fourth-order valence-corrected chi connectivity index (χ4v) is 4.20. The van der Waals surface area contributed by atoms with E-state index in [4.69, 9.17) is 4.18 Å². The summed E-state index contributed by atoms with van der Waals surface area (Å²) in [5, 5.41) is 0. The van der Waals surface area contributed by atoms with E-state index in [2.05, 4.69) is 13.8 Å². The summed E-state index contributed by atoms with van der Waals surface area (Å²) in [5.74, 6) is 0. The first kappa shape index (κ1) is 30.6. The van der Waals surface area contributed by atoms with Crippen LogP contribution in [0.25, 0.3) is 0 Å². The standard InChI is InChI=1S/C22H45FO3S.Li.H/c1-3-5-7-9-10-11-12-13-14-15-17-19-21-26-27(24,25)22(23)20-18-16-8-6-4-2;;/h22H,3-21H2,1-2H3;;. The Morgan fingerprint density at radius 1 is 0.643 bits per heavy atom. The molecule has 28 heavy (non-hydrogen) atoms. The van der Waals surface area contributed by atoms with E-state index in [9.17, 15) is 12.8 Å². The molecular weight excluding hydrogens is 370 g/mol. The normalized spacial score (nSPS) is 12.7. The van der Waals surface area contributed by atoms with Gasteiger partial charge in [0.2, 0.25) is 5.50 Å². The molecule has 1 unspecified atom stereocenters. The average molecular weight is 417 g/mol. The van der Waals surface area contributed by atoms with Crippen LogP contribution in [0.4, 0.5) is 4.39 Å². The Balaban J connectivity index is 0. The molecule has 0 amide bonds. The molecule has 0 aliphatic heterocycles. The van der Waals surface area contributed by atoms with Crippen LogP contribution in [-0.2, 0) is 14.3 Å². The van der Waals surface area contributed by atoms with Crippen molar-refractivity contribution in [2.24, 2.45) is 0 Å². The molecule has 1 atom stereocenters. The number of halogens is 1. The minimum absolute atomic E-state index is 0. The van der Waals surface area contributed by atoms with Gasteiger partial charge in [-0.2, -0.15) is 8.42 Å². The summed E-state index contributed by atoms with van der Waals surface area (Å²) in [5.41, 5.74) is -1.86. The van der Waals surface area contributed by atoms with Gasteiger partial charge >= 0.3 is 18.9 Å². The Bertz CT molecular complexity index is 405. The van der Waals surface area contributed by atoms with E-state index < -0.39 is 15.6 Å². The van der Waals surface area contributed by atoms with Crippen LogP contribution < -0.4 is 0 Å². The third-order valence-corrected chi connectivity index (χ3v) is 6.45. The predicted molar refractivity (Wildman–Crippen MR) is 121 cm³/mol. The van der Waals surface area contributed by atoms with Crippen molar-refractivity contribution in [2.75, 3.05) is 6.61 Å². The fraction of sp³-hybridized carbons (Fsp3) is 1.00. The zero-order chi connectivity index (χ0) is 20.2. The Hall–Kier alpha value is 0.437. The summed E-state index contributed by atoms with van der Waals surface area (Å²) in [7, 11) is -4.03. The molecule has 0 aromatic carbocycles. The minimum atomic E-state index is -4.03. The Labute approximate surface area is 187 Å². The zero-order valence-corrected chi connectivity index (χ0v) is 18.8. The number of hydrogen-bond donors (Lipinski definition) is 0. The molecule has 0 fully saturated rings. The monoisotopic (exact) mass is 416 g/mol. The van der Waals surface area contributed by atoms with Gasteiger partial charge in [0.25, 0.3) is 10.1 Å². The van der Waals surface area contributed by atoms with E-state index in [0.717, 1.165) is 38.5 Å². The summed E-state index contributed by atoms with van der Waals surface area (Å²) in [6.45, 7) is 4.48. The van der Waals surface area contributed by atoms with Gasteiger partial charge in [-0.3, -0.25) is 4.18 Å². The van der Waals surface area contributed by atoms with Crippen LogP contribution in [0, 0.1) is 0 Å². The molecule has 0 spiro atoms. The molecule has 0 heterocycles. The van der Waals surface area contributed by atoms with Crippen molar-refractivity contribution in [1.29, 1.82) is 0 Å². The van der Waals surface area contributed by atoms with Crippen LogP contribution in [0.1, 0.15) is 129 Å². The van der Waals surface area contributed by atoms with Gasteiger partial charge in [0.1, 0.15) is 0 Å². The maximum absolute atomic E-state index is 13.8. The van der Waals surface area contributed by atoms with Gasteiger partial charge in [-0.15, -0.1) is 0 Å².